The van der Waals surface area contributed by atoms with Gasteiger partial charge in [0.05, 0.1) is 12.6 Å². The van der Waals surface area contributed by atoms with Crippen LogP contribution in [-0.4, -0.2) is 29.6 Å². The molecule has 15 heavy (non-hydrogen) atoms. The van der Waals surface area contributed by atoms with Gasteiger partial charge in [-0.1, -0.05) is 36.3 Å². The molecule has 2 nitrogen and oxygen atoms in total. The van der Waals surface area contributed by atoms with Crippen molar-refractivity contribution in [3.05, 3.63) is 35.9 Å². The second kappa shape index (κ2) is 5.55. The van der Waals surface area contributed by atoms with Crippen LogP contribution in [0.25, 0.3) is 0 Å². The molecule has 0 fully saturated rings. The molecule has 0 heterocycles. The number of likely N-dealkylation sites (N-methyl/N-ethyl adjacent to an activating group) is 1. The van der Waals surface area contributed by atoms with E-state index in [-0.39, 0.29) is 6.04 Å². The largest absolute Gasteiger partial charge is 0.387 e. The molecule has 80 valence electrons. The Morgan fingerprint density at radius 3 is 2.53 bits per heavy atom. The van der Waals surface area contributed by atoms with Crippen LogP contribution in [0.15, 0.2) is 30.3 Å². The Labute approximate surface area is 91.5 Å². The quantitative estimate of drug-likeness (QED) is 0.752. The molecule has 0 aliphatic rings. The van der Waals surface area contributed by atoms with Gasteiger partial charge < -0.3 is 5.11 Å². The average molecular weight is 203 g/mol. The van der Waals surface area contributed by atoms with Gasteiger partial charge in [0.1, 0.15) is 0 Å². The van der Waals surface area contributed by atoms with Gasteiger partial charge in [0.25, 0.3) is 0 Å². The molecule has 0 bridgehead atoms. The topological polar surface area (TPSA) is 23.5 Å². The Bertz CT molecular complexity index is 328. The standard InChI is InChI=1S/C13H17NO/c1-4-10-14(3)11(2)13(15)12-8-6-5-7-9-12/h1,5-9,11,13,15H,10H2,2-3H3/t11-,13+/m1/s1. The average Bonchev–Trinajstić information content (AvgIpc) is 2.28. The smallest absolute Gasteiger partial charge is 0.0942 e. The summed E-state index contributed by atoms with van der Waals surface area (Å²) < 4.78 is 0. The SMILES string of the molecule is C#CCN(C)[C@H](C)[C@H](O)c1ccccc1. The van der Waals surface area contributed by atoms with E-state index in [1.54, 1.807) is 0 Å². The minimum Gasteiger partial charge on any atom is -0.387 e. The summed E-state index contributed by atoms with van der Waals surface area (Å²) in [6.07, 6.45) is 4.74. The van der Waals surface area contributed by atoms with E-state index in [1.165, 1.54) is 0 Å². The molecule has 0 unspecified atom stereocenters. The molecular weight excluding hydrogens is 186 g/mol. The van der Waals surface area contributed by atoms with E-state index in [0.717, 1.165) is 5.56 Å². The third-order valence-electron chi connectivity index (χ3n) is 2.63. The van der Waals surface area contributed by atoms with Crippen LogP contribution in [0.4, 0.5) is 0 Å². The number of nitrogens with zero attached hydrogens (tertiary/aromatic N) is 1. The van der Waals surface area contributed by atoms with Crippen molar-refractivity contribution in [3.63, 3.8) is 0 Å². The molecule has 1 rings (SSSR count). The molecule has 1 aromatic rings. The molecule has 0 saturated carbocycles. The van der Waals surface area contributed by atoms with Gasteiger partial charge >= 0.3 is 0 Å². The predicted molar refractivity (Wildman–Crippen MR) is 62.3 cm³/mol. The van der Waals surface area contributed by atoms with Crippen molar-refractivity contribution in [2.75, 3.05) is 13.6 Å². The molecule has 0 aliphatic carbocycles. The third-order valence-corrected chi connectivity index (χ3v) is 2.63. The van der Waals surface area contributed by atoms with E-state index < -0.39 is 6.10 Å². The number of aliphatic hydroxyl groups is 1. The summed E-state index contributed by atoms with van der Waals surface area (Å²) in [5.74, 6) is 2.57. The van der Waals surface area contributed by atoms with Crippen LogP contribution >= 0.6 is 0 Å². The monoisotopic (exact) mass is 203 g/mol. The van der Waals surface area contributed by atoms with Gasteiger partial charge in [0.15, 0.2) is 0 Å². The highest BCUT2D eigenvalue weighted by Crippen LogP contribution is 2.19. The summed E-state index contributed by atoms with van der Waals surface area (Å²) in [7, 11) is 1.91. The van der Waals surface area contributed by atoms with Crippen molar-refractivity contribution in [2.45, 2.75) is 19.1 Å². The molecule has 0 aliphatic heterocycles. The van der Waals surface area contributed by atoms with Crippen molar-refractivity contribution < 1.29 is 5.11 Å². The fourth-order valence-electron chi connectivity index (χ4n) is 1.46. The lowest BCUT2D eigenvalue weighted by atomic mass is 10.0. The Hall–Kier alpha value is -1.30. The van der Waals surface area contributed by atoms with Crippen molar-refractivity contribution >= 4 is 0 Å². The lowest BCUT2D eigenvalue weighted by Gasteiger charge is -2.27. The fourth-order valence-corrected chi connectivity index (χ4v) is 1.46. The first-order valence-corrected chi connectivity index (χ1v) is 5.03. The summed E-state index contributed by atoms with van der Waals surface area (Å²) in [4.78, 5) is 1.96. The van der Waals surface area contributed by atoms with E-state index >= 15 is 0 Å². The molecule has 2 heteroatoms. The van der Waals surface area contributed by atoms with Crippen molar-refractivity contribution in [2.24, 2.45) is 0 Å². The highest BCUT2D eigenvalue weighted by molar-refractivity contribution is 5.18. The fraction of sp³-hybridized carbons (Fsp3) is 0.385. The molecule has 0 radical (unpaired) electrons. The van der Waals surface area contributed by atoms with Crippen molar-refractivity contribution in [1.82, 2.24) is 4.90 Å². The minimum atomic E-state index is -0.496. The van der Waals surface area contributed by atoms with Gasteiger partial charge in [-0.15, -0.1) is 6.42 Å². The first-order valence-electron chi connectivity index (χ1n) is 5.03. The van der Waals surface area contributed by atoms with Crippen LogP contribution < -0.4 is 0 Å². The Morgan fingerprint density at radius 2 is 2.00 bits per heavy atom. The maximum atomic E-state index is 10.1. The zero-order valence-corrected chi connectivity index (χ0v) is 9.22. The van der Waals surface area contributed by atoms with Gasteiger partial charge in [-0.25, -0.2) is 0 Å². The summed E-state index contributed by atoms with van der Waals surface area (Å²) in [6, 6.07) is 9.64. The molecule has 1 N–H and O–H groups in total. The Morgan fingerprint density at radius 1 is 1.40 bits per heavy atom. The third kappa shape index (κ3) is 3.09. The molecule has 0 saturated heterocycles. The first kappa shape index (κ1) is 11.8. The number of rotatable bonds is 4. The number of hydrogen-bond donors (Lipinski definition) is 1. The van der Waals surface area contributed by atoms with E-state index in [4.69, 9.17) is 6.42 Å². The van der Waals surface area contributed by atoms with E-state index in [2.05, 4.69) is 5.92 Å². The molecule has 1 aromatic carbocycles. The number of hydrogen-bond acceptors (Lipinski definition) is 2. The highest BCUT2D eigenvalue weighted by atomic mass is 16.3. The van der Waals surface area contributed by atoms with Gasteiger partial charge in [0, 0.05) is 6.04 Å². The molecular formula is C13H17NO. The molecule has 0 spiro atoms. The van der Waals surface area contributed by atoms with Crippen LogP contribution in [0.3, 0.4) is 0 Å². The Balaban J connectivity index is 2.69. The Kier molecular flexibility index (Phi) is 4.36. The first-order chi connectivity index (χ1) is 7.16. The number of aliphatic hydroxyl groups excluding tert-OH is 1. The summed E-state index contributed by atoms with van der Waals surface area (Å²) in [5, 5.41) is 10.1. The van der Waals surface area contributed by atoms with Crippen molar-refractivity contribution in [3.8, 4) is 12.3 Å². The van der Waals surface area contributed by atoms with Gasteiger partial charge in [-0.05, 0) is 19.5 Å². The van der Waals surface area contributed by atoms with Gasteiger partial charge in [-0.3, -0.25) is 4.90 Å². The highest BCUT2D eigenvalue weighted by Gasteiger charge is 2.19. The van der Waals surface area contributed by atoms with Crippen LogP contribution in [0, 0.1) is 12.3 Å². The van der Waals surface area contributed by atoms with E-state index in [0.29, 0.717) is 6.54 Å². The van der Waals surface area contributed by atoms with E-state index in [1.807, 2.05) is 49.2 Å². The second-order valence-corrected chi connectivity index (χ2v) is 3.72. The van der Waals surface area contributed by atoms with Crippen LogP contribution in [0.5, 0.6) is 0 Å². The normalized spacial score (nSPS) is 14.6. The molecule has 0 aromatic heterocycles. The van der Waals surface area contributed by atoms with E-state index in [9.17, 15) is 5.11 Å². The lowest BCUT2D eigenvalue weighted by Crippen LogP contribution is -2.34. The van der Waals surface area contributed by atoms with Gasteiger partial charge in [0.2, 0.25) is 0 Å². The predicted octanol–water partition coefficient (Wildman–Crippen LogP) is 1.67. The summed E-state index contributed by atoms with van der Waals surface area (Å²) >= 11 is 0. The lowest BCUT2D eigenvalue weighted by molar-refractivity contribution is 0.0796. The summed E-state index contributed by atoms with van der Waals surface area (Å²) in [6.45, 7) is 2.51. The zero-order chi connectivity index (χ0) is 11.3. The maximum Gasteiger partial charge on any atom is 0.0942 e. The zero-order valence-electron chi connectivity index (χ0n) is 9.22. The summed E-state index contributed by atoms with van der Waals surface area (Å²) in [5.41, 5.74) is 0.925. The van der Waals surface area contributed by atoms with Crippen LogP contribution in [0.2, 0.25) is 0 Å². The molecule has 2 atom stereocenters. The second-order valence-electron chi connectivity index (χ2n) is 3.72. The van der Waals surface area contributed by atoms with Crippen LogP contribution in [-0.2, 0) is 0 Å². The number of benzene rings is 1. The number of terminal acetylenes is 1. The molecule has 0 amide bonds. The maximum absolute atomic E-state index is 10.1. The van der Waals surface area contributed by atoms with Crippen LogP contribution in [0.1, 0.15) is 18.6 Å². The van der Waals surface area contributed by atoms with Gasteiger partial charge in [-0.2, -0.15) is 0 Å². The van der Waals surface area contributed by atoms with Crippen molar-refractivity contribution in [1.29, 1.82) is 0 Å². The minimum absolute atomic E-state index is 0.0171.